The molecule has 0 aromatic heterocycles. The van der Waals surface area contributed by atoms with Crippen LogP contribution in [0.15, 0.2) is 24.3 Å². The zero-order valence-corrected chi connectivity index (χ0v) is 12.3. The number of methoxy groups -OCH3 is 2. The van der Waals surface area contributed by atoms with E-state index in [-0.39, 0.29) is 12.0 Å². The van der Waals surface area contributed by atoms with Gasteiger partial charge in [0, 0.05) is 13.7 Å². The Morgan fingerprint density at radius 1 is 1.30 bits per heavy atom. The Hall–Kier alpha value is -1.39. The average Bonchev–Trinajstić information content (AvgIpc) is 2.48. The van der Waals surface area contributed by atoms with E-state index in [9.17, 15) is 4.79 Å². The number of ether oxygens (including phenoxy) is 2. The Bertz CT molecular complexity index is 447. The van der Waals surface area contributed by atoms with Crippen LogP contribution in [0.25, 0.3) is 0 Å². The summed E-state index contributed by atoms with van der Waals surface area (Å²) in [5, 5.41) is 0. The van der Waals surface area contributed by atoms with Crippen molar-refractivity contribution in [3.8, 4) is 0 Å². The molecule has 0 amide bonds. The van der Waals surface area contributed by atoms with E-state index in [0.29, 0.717) is 6.61 Å². The molecule has 0 N–H and O–H groups in total. The van der Waals surface area contributed by atoms with E-state index < -0.39 is 0 Å². The third-order valence-corrected chi connectivity index (χ3v) is 3.77. The number of rotatable bonds is 5. The van der Waals surface area contributed by atoms with Crippen molar-refractivity contribution in [2.75, 3.05) is 20.8 Å². The molecule has 1 aliphatic heterocycles. The monoisotopic (exact) mass is 277 g/mol. The second-order valence-corrected chi connectivity index (χ2v) is 5.26. The van der Waals surface area contributed by atoms with Gasteiger partial charge in [-0.25, -0.2) is 0 Å². The van der Waals surface area contributed by atoms with Gasteiger partial charge in [0.2, 0.25) is 0 Å². The van der Waals surface area contributed by atoms with E-state index in [4.69, 9.17) is 9.47 Å². The second kappa shape index (κ2) is 7.41. The molecule has 4 nitrogen and oxygen atoms in total. The van der Waals surface area contributed by atoms with Crippen LogP contribution in [-0.2, 0) is 27.4 Å². The minimum atomic E-state index is -0.113. The second-order valence-electron chi connectivity index (χ2n) is 5.26. The highest BCUT2D eigenvalue weighted by molar-refractivity contribution is 5.75. The lowest BCUT2D eigenvalue weighted by Gasteiger charge is -2.33. The van der Waals surface area contributed by atoms with Crippen LogP contribution in [0.2, 0.25) is 0 Å². The summed E-state index contributed by atoms with van der Waals surface area (Å²) >= 11 is 0. The van der Waals surface area contributed by atoms with Gasteiger partial charge in [-0.2, -0.15) is 0 Å². The third kappa shape index (κ3) is 3.81. The molecule has 4 heteroatoms. The quantitative estimate of drug-likeness (QED) is 0.775. The standard InChI is InChI=1S/C16H23NO3/c1-19-12-14-7-5-6-13(10-14)11-17-9-4-3-8-15(17)16(18)20-2/h5-7,10,15H,3-4,8-9,11-12H2,1-2H3/t15-/m0/s1. The molecule has 2 rings (SSSR count). The number of hydrogen-bond donors (Lipinski definition) is 0. The summed E-state index contributed by atoms with van der Waals surface area (Å²) in [5.74, 6) is -0.113. The largest absolute Gasteiger partial charge is 0.468 e. The molecular weight excluding hydrogens is 254 g/mol. The van der Waals surface area contributed by atoms with Gasteiger partial charge in [-0.15, -0.1) is 0 Å². The number of esters is 1. The smallest absolute Gasteiger partial charge is 0.323 e. The first kappa shape index (κ1) is 15.0. The summed E-state index contributed by atoms with van der Waals surface area (Å²) in [5.41, 5.74) is 2.38. The van der Waals surface area contributed by atoms with Gasteiger partial charge in [-0.05, 0) is 30.5 Å². The van der Waals surface area contributed by atoms with Gasteiger partial charge in [0.15, 0.2) is 0 Å². The van der Waals surface area contributed by atoms with E-state index in [1.165, 1.54) is 12.7 Å². The summed E-state index contributed by atoms with van der Waals surface area (Å²) < 4.78 is 10.1. The molecule has 1 heterocycles. The maximum Gasteiger partial charge on any atom is 0.323 e. The normalized spacial score (nSPS) is 19.8. The number of benzene rings is 1. The van der Waals surface area contributed by atoms with Gasteiger partial charge >= 0.3 is 5.97 Å². The van der Waals surface area contributed by atoms with Crippen molar-refractivity contribution in [2.45, 2.75) is 38.5 Å². The Balaban J connectivity index is 2.06. The van der Waals surface area contributed by atoms with Gasteiger partial charge in [-0.1, -0.05) is 30.7 Å². The van der Waals surface area contributed by atoms with Crippen LogP contribution in [0.1, 0.15) is 30.4 Å². The molecule has 0 bridgehead atoms. The minimum Gasteiger partial charge on any atom is -0.468 e. The summed E-state index contributed by atoms with van der Waals surface area (Å²) in [7, 11) is 3.17. The lowest BCUT2D eigenvalue weighted by molar-refractivity contribution is -0.148. The zero-order chi connectivity index (χ0) is 14.4. The summed E-state index contributed by atoms with van der Waals surface area (Å²) in [4.78, 5) is 14.1. The molecule has 110 valence electrons. The van der Waals surface area contributed by atoms with Crippen molar-refractivity contribution in [1.29, 1.82) is 0 Å². The highest BCUT2D eigenvalue weighted by Gasteiger charge is 2.29. The van der Waals surface area contributed by atoms with Crippen LogP contribution in [0.4, 0.5) is 0 Å². The van der Waals surface area contributed by atoms with Crippen LogP contribution in [0, 0.1) is 0 Å². The maximum atomic E-state index is 11.9. The summed E-state index contributed by atoms with van der Waals surface area (Å²) in [6.45, 7) is 2.36. The van der Waals surface area contributed by atoms with E-state index in [1.807, 2.05) is 6.07 Å². The molecule has 0 unspecified atom stereocenters. The van der Waals surface area contributed by atoms with Crippen LogP contribution < -0.4 is 0 Å². The molecule has 1 aromatic carbocycles. The summed E-state index contributed by atoms with van der Waals surface area (Å²) in [6, 6.07) is 8.25. The Kier molecular flexibility index (Phi) is 5.56. The Morgan fingerprint density at radius 2 is 2.10 bits per heavy atom. The highest BCUT2D eigenvalue weighted by Crippen LogP contribution is 2.21. The first-order valence-electron chi connectivity index (χ1n) is 7.13. The predicted octanol–water partition coefficient (Wildman–Crippen LogP) is 2.36. The third-order valence-electron chi connectivity index (χ3n) is 3.77. The van der Waals surface area contributed by atoms with Gasteiger partial charge in [0.25, 0.3) is 0 Å². The molecule has 20 heavy (non-hydrogen) atoms. The van der Waals surface area contributed by atoms with E-state index in [2.05, 4.69) is 23.1 Å². The fourth-order valence-corrected chi connectivity index (χ4v) is 2.80. The lowest BCUT2D eigenvalue weighted by atomic mass is 10.0. The van der Waals surface area contributed by atoms with Crippen molar-refractivity contribution >= 4 is 5.97 Å². The van der Waals surface area contributed by atoms with Gasteiger partial charge in [0.05, 0.1) is 13.7 Å². The lowest BCUT2D eigenvalue weighted by Crippen LogP contribution is -2.44. The van der Waals surface area contributed by atoms with E-state index >= 15 is 0 Å². The van der Waals surface area contributed by atoms with E-state index in [1.54, 1.807) is 7.11 Å². The van der Waals surface area contributed by atoms with Crippen LogP contribution in [0.5, 0.6) is 0 Å². The first-order chi connectivity index (χ1) is 9.74. The minimum absolute atomic E-state index is 0.0974. The van der Waals surface area contributed by atoms with Crippen LogP contribution in [-0.4, -0.2) is 37.7 Å². The number of carbonyl (C=O) groups excluding carboxylic acids is 1. The molecular formula is C16H23NO3. The van der Waals surface area contributed by atoms with Crippen molar-refractivity contribution in [3.63, 3.8) is 0 Å². The molecule has 1 aliphatic rings. The maximum absolute atomic E-state index is 11.9. The molecule has 1 aromatic rings. The fourth-order valence-electron chi connectivity index (χ4n) is 2.80. The first-order valence-corrected chi connectivity index (χ1v) is 7.13. The fraction of sp³-hybridized carbons (Fsp3) is 0.562. The van der Waals surface area contributed by atoms with Gasteiger partial charge < -0.3 is 9.47 Å². The highest BCUT2D eigenvalue weighted by atomic mass is 16.5. The molecule has 0 saturated carbocycles. The van der Waals surface area contributed by atoms with Crippen molar-refractivity contribution in [2.24, 2.45) is 0 Å². The van der Waals surface area contributed by atoms with E-state index in [0.717, 1.165) is 37.9 Å². The molecule has 1 atom stereocenters. The molecule has 1 saturated heterocycles. The van der Waals surface area contributed by atoms with Gasteiger partial charge in [0.1, 0.15) is 6.04 Å². The van der Waals surface area contributed by atoms with Gasteiger partial charge in [-0.3, -0.25) is 9.69 Å². The number of nitrogens with zero attached hydrogens (tertiary/aromatic N) is 1. The average molecular weight is 277 g/mol. The topological polar surface area (TPSA) is 38.8 Å². The van der Waals surface area contributed by atoms with Crippen LogP contribution >= 0.6 is 0 Å². The number of hydrogen-bond acceptors (Lipinski definition) is 4. The summed E-state index contributed by atoms with van der Waals surface area (Å²) in [6.07, 6.45) is 3.13. The predicted molar refractivity (Wildman–Crippen MR) is 77.2 cm³/mol. The SMILES string of the molecule is COCc1cccc(CN2CCCC[C@H]2C(=O)OC)c1. The number of piperidine rings is 1. The number of likely N-dealkylation sites (tertiary alicyclic amines) is 1. The Morgan fingerprint density at radius 3 is 2.85 bits per heavy atom. The van der Waals surface area contributed by atoms with Crippen molar-refractivity contribution in [1.82, 2.24) is 4.90 Å². The molecule has 0 radical (unpaired) electrons. The Labute approximate surface area is 120 Å². The molecule has 0 spiro atoms. The van der Waals surface area contributed by atoms with Crippen LogP contribution in [0.3, 0.4) is 0 Å². The molecule has 0 aliphatic carbocycles. The van der Waals surface area contributed by atoms with Crippen molar-refractivity contribution < 1.29 is 14.3 Å². The van der Waals surface area contributed by atoms with Crippen molar-refractivity contribution in [3.05, 3.63) is 35.4 Å². The number of carbonyl (C=O) groups is 1. The molecule has 1 fully saturated rings. The zero-order valence-electron chi connectivity index (χ0n) is 12.3.